The van der Waals surface area contributed by atoms with E-state index in [4.69, 9.17) is 5.73 Å². The van der Waals surface area contributed by atoms with Crippen molar-refractivity contribution in [1.82, 2.24) is 0 Å². The van der Waals surface area contributed by atoms with Gasteiger partial charge in [0.25, 0.3) is 0 Å². The van der Waals surface area contributed by atoms with Crippen LogP contribution in [0.3, 0.4) is 0 Å². The number of hydrogen-bond acceptors (Lipinski definition) is 0. The van der Waals surface area contributed by atoms with E-state index >= 15 is 0 Å². The Morgan fingerprint density at radius 2 is 1.39 bits per heavy atom. The Kier molecular flexibility index (Phi) is 21.0. The normalized spacial score (nSPS) is 25.8. The van der Waals surface area contributed by atoms with Crippen LogP contribution in [-0.2, 0) is 21.7 Å². The van der Waals surface area contributed by atoms with E-state index < -0.39 is 0 Å². The molecule has 0 bridgehead atoms. The molecular formula is C25H47NSiTi. The van der Waals surface area contributed by atoms with Gasteiger partial charge in [-0.1, -0.05) is 94.9 Å². The minimum atomic E-state index is -0.250. The summed E-state index contributed by atoms with van der Waals surface area (Å²) in [5, 5.41) is 0. The summed E-state index contributed by atoms with van der Waals surface area (Å²) >= 11 is 0. The van der Waals surface area contributed by atoms with Crippen molar-refractivity contribution in [1.29, 1.82) is 0 Å². The summed E-state index contributed by atoms with van der Waals surface area (Å²) in [4.78, 5) is 0. The van der Waals surface area contributed by atoms with Crippen LogP contribution in [0.5, 0.6) is 0 Å². The molecule has 0 radical (unpaired) electrons. The van der Waals surface area contributed by atoms with Gasteiger partial charge in [-0.25, -0.2) is 0 Å². The number of rotatable bonds is 1. The predicted molar refractivity (Wildman–Crippen MR) is 133 cm³/mol. The fourth-order valence-corrected chi connectivity index (χ4v) is 3.45. The quantitative estimate of drug-likeness (QED) is 0.245. The second kappa shape index (κ2) is 16.6. The molecule has 1 nitrogen and oxygen atoms in total. The molecule has 160 valence electrons. The molecule has 0 aromatic rings. The van der Waals surface area contributed by atoms with Crippen molar-refractivity contribution in [3.63, 3.8) is 0 Å². The van der Waals surface area contributed by atoms with Crippen LogP contribution in [0.25, 0.3) is 5.73 Å². The second-order valence-electron chi connectivity index (χ2n) is 8.54. The molecule has 0 aromatic carbocycles. The van der Waals surface area contributed by atoms with E-state index in [1.807, 2.05) is 34.6 Å². The molecule has 0 aromatic heterocycles. The van der Waals surface area contributed by atoms with Gasteiger partial charge in [0.05, 0.1) is 0 Å². The van der Waals surface area contributed by atoms with Crippen LogP contribution in [0.1, 0.15) is 60.3 Å². The molecule has 3 rings (SSSR count). The zero-order valence-electron chi connectivity index (χ0n) is 18.9. The first-order valence-corrected chi connectivity index (χ1v) is 9.36. The fraction of sp³-hybridized carbons (Fsp3) is 0.560. The Labute approximate surface area is 197 Å². The van der Waals surface area contributed by atoms with Crippen molar-refractivity contribution in [3.05, 3.63) is 75.6 Å². The van der Waals surface area contributed by atoms with Crippen LogP contribution in [0.2, 0.25) is 0 Å². The monoisotopic (exact) mass is 437 g/mol. The SMILES string of the molecule is C1=CC2[CH-]C3CCCCC3C2C=C1.C=C(C)C(=C)C.CC(C)(C)[NH-].[CH3-].[CH3-].[SiH4].[Ti+4]. The Balaban J connectivity index is -0.000000168. The molecule has 3 aliphatic rings. The molecule has 0 aliphatic heterocycles. The van der Waals surface area contributed by atoms with Crippen LogP contribution in [0.4, 0.5) is 0 Å². The van der Waals surface area contributed by atoms with Crippen molar-refractivity contribution in [2.75, 3.05) is 0 Å². The van der Waals surface area contributed by atoms with Crippen molar-refractivity contribution in [2.24, 2.45) is 23.7 Å². The fourth-order valence-electron chi connectivity index (χ4n) is 3.45. The summed E-state index contributed by atoms with van der Waals surface area (Å²) in [5.74, 6) is 3.56. The summed E-state index contributed by atoms with van der Waals surface area (Å²) in [7, 11) is 0. The molecule has 2 fully saturated rings. The van der Waals surface area contributed by atoms with Gasteiger partial charge in [-0.15, -0.1) is 17.5 Å². The second-order valence-corrected chi connectivity index (χ2v) is 8.54. The van der Waals surface area contributed by atoms with Crippen LogP contribution in [0.15, 0.2) is 48.6 Å². The van der Waals surface area contributed by atoms with E-state index in [2.05, 4.69) is 43.9 Å². The summed E-state index contributed by atoms with van der Waals surface area (Å²) in [6.07, 6.45) is 17.8. The maximum atomic E-state index is 6.94. The molecule has 0 spiro atoms. The summed E-state index contributed by atoms with van der Waals surface area (Å²) in [6, 6.07) is 0. The molecule has 0 saturated heterocycles. The van der Waals surface area contributed by atoms with Crippen molar-refractivity contribution in [2.45, 2.75) is 65.8 Å². The third-order valence-electron chi connectivity index (χ3n) is 4.79. The van der Waals surface area contributed by atoms with Gasteiger partial charge in [0, 0.05) is 0 Å². The number of allylic oxidation sites excluding steroid dienone is 6. The van der Waals surface area contributed by atoms with Crippen molar-refractivity contribution < 1.29 is 21.7 Å². The zero-order chi connectivity index (χ0) is 18.3. The van der Waals surface area contributed by atoms with Crippen LogP contribution in [0, 0.1) is 44.9 Å². The first-order valence-electron chi connectivity index (χ1n) is 9.36. The van der Waals surface area contributed by atoms with Crippen molar-refractivity contribution >= 4 is 11.0 Å². The maximum absolute atomic E-state index is 6.94. The average molecular weight is 438 g/mol. The van der Waals surface area contributed by atoms with E-state index in [-0.39, 0.29) is 53.1 Å². The first kappa shape index (κ1) is 35.3. The molecule has 4 atom stereocenters. The minimum absolute atomic E-state index is 0. The van der Waals surface area contributed by atoms with E-state index in [9.17, 15) is 0 Å². The standard InChI is InChI=1S/C13H17.C6H10.C4H10N.2CH3.H4Si.Ti/c1-3-7-12-10(5-1)9-11-6-2-4-8-13(11)12;1-5(2)6(3)4;1-4(2,3)5;;;;/h1,3,5,7,9-13H,2,4,6,8H2;1,3H2,2,4H3;5H,1-3H3;2*1H3;1H4;/q-1;;3*-1;;+4. The van der Waals surface area contributed by atoms with E-state index in [0.29, 0.717) is 0 Å². The van der Waals surface area contributed by atoms with E-state index in [0.717, 1.165) is 34.8 Å². The van der Waals surface area contributed by atoms with Gasteiger partial charge < -0.3 is 27.0 Å². The van der Waals surface area contributed by atoms with Gasteiger partial charge in [-0.3, -0.25) is 0 Å². The molecular weight excluding hydrogens is 390 g/mol. The number of fused-ring (bicyclic) bond motifs is 3. The van der Waals surface area contributed by atoms with Gasteiger partial charge in [0.15, 0.2) is 0 Å². The molecule has 4 unspecified atom stereocenters. The average Bonchev–Trinajstić information content (AvgIpc) is 2.84. The number of hydrogen-bond donors (Lipinski definition) is 0. The summed E-state index contributed by atoms with van der Waals surface area (Å²) < 4.78 is 0. The largest absolute Gasteiger partial charge is 4.00 e. The van der Waals surface area contributed by atoms with Crippen LogP contribution in [-0.4, -0.2) is 16.5 Å². The molecule has 0 amide bonds. The summed E-state index contributed by atoms with van der Waals surface area (Å²) in [6.45, 7) is 16.8. The Morgan fingerprint density at radius 3 is 1.86 bits per heavy atom. The Hall–Kier alpha value is -0.149. The predicted octanol–water partition coefficient (Wildman–Crippen LogP) is 6.79. The van der Waals surface area contributed by atoms with Crippen LogP contribution < -0.4 is 0 Å². The summed E-state index contributed by atoms with van der Waals surface area (Å²) in [5.41, 5.74) is 8.82. The number of nitrogens with one attached hydrogen (secondary N) is 1. The van der Waals surface area contributed by atoms with Gasteiger partial charge >= 0.3 is 21.7 Å². The smallest absolute Gasteiger partial charge is 0.673 e. The van der Waals surface area contributed by atoms with Gasteiger partial charge in [0.1, 0.15) is 0 Å². The molecule has 1 N–H and O–H groups in total. The molecule has 0 heterocycles. The van der Waals surface area contributed by atoms with Crippen molar-refractivity contribution in [3.8, 4) is 0 Å². The van der Waals surface area contributed by atoms with E-state index in [1.54, 1.807) is 0 Å². The minimum Gasteiger partial charge on any atom is -0.673 e. The van der Waals surface area contributed by atoms with E-state index in [1.165, 1.54) is 25.7 Å². The molecule has 3 heteroatoms. The molecule has 2 saturated carbocycles. The first-order chi connectivity index (χ1) is 11.1. The van der Waals surface area contributed by atoms with Crippen LogP contribution >= 0.6 is 0 Å². The van der Waals surface area contributed by atoms with Gasteiger partial charge in [0.2, 0.25) is 0 Å². The Morgan fingerprint density at radius 1 is 0.964 bits per heavy atom. The topological polar surface area (TPSA) is 23.8 Å². The molecule has 28 heavy (non-hydrogen) atoms. The zero-order valence-corrected chi connectivity index (χ0v) is 20.5. The molecule has 3 aliphatic carbocycles. The Bertz CT molecular complexity index is 469. The maximum Gasteiger partial charge on any atom is 4.00 e. The third kappa shape index (κ3) is 13.9. The third-order valence-corrected chi connectivity index (χ3v) is 4.79. The van der Waals surface area contributed by atoms with Gasteiger partial charge in [-0.05, 0) is 30.7 Å². The van der Waals surface area contributed by atoms with Gasteiger partial charge in [-0.2, -0.15) is 5.92 Å².